The Morgan fingerprint density at radius 1 is 1.14 bits per heavy atom. The Morgan fingerprint density at radius 3 is 2.43 bits per heavy atom. The van der Waals surface area contributed by atoms with E-state index in [4.69, 9.17) is 16.3 Å². The molecule has 2 nitrogen and oxygen atoms in total. The summed E-state index contributed by atoms with van der Waals surface area (Å²) in [6.07, 6.45) is 2.29. The number of hydrogen-bond donors (Lipinski definition) is 1. The van der Waals surface area contributed by atoms with E-state index in [1.54, 1.807) is 0 Å². The Morgan fingerprint density at radius 2 is 1.86 bits per heavy atom. The highest BCUT2D eigenvalue weighted by atomic mass is 35.5. The summed E-state index contributed by atoms with van der Waals surface area (Å²) < 4.78 is 5.26. The molecule has 0 amide bonds. The van der Waals surface area contributed by atoms with Gasteiger partial charge in [-0.25, -0.2) is 0 Å². The minimum atomic E-state index is 0.433. The van der Waals surface area contributed by atoms with Crippen molar-refractivity contribution in [1.29, 1.82) is 0 Å². The molecular weight excluding hydrogens is 198 g/mol. The van der Waals surface area contributed by atoms with Crippen molar-refractivity contribution >= 4 is 11.6 Å². The number of halogens is 1. The quantitative estimate of drug-likeness (QED) is 0.503. The summed E-state index contributed by atoms with van der Waals surface area (Å²) in [7, 11) is 0. The molecule has 0 saturated carbocycles. The molecular formula is C11H24ClNO. The summed E-state index contributed by atoms with van der Waals surface area (Å²) >= 11 is 5.47. The molecule has 0 radical (unpaired) electrons. The third-order valence-corrected chi connectivity index (χ3v) is 2.07. The molecule has 1 N–H and O–H groups in total. The zero-order chi connectivity index (χ0) is 10.9. The number of rotatable bonds is 8. The van der Waals surface area contributed by atoms with Crippen LogP contribution in [0, 0.1) is 5.41 Å². The molecule has 0 aromatic heterocycles. The van der Waals surface area contributed by atoms with Crippen molar-refractivity contribution in [3.63, 3.8) is 0 Å². The van der Waals surface area contributed by atoms with Crippen LogP contribution in [0.1, 0.15) is 33.6 Å². The van der Waals surface area contributed by atoms with Gasteiger partial charge in [-0.3, -0.25) is 0 Å². The normalized spacial score (nSPS) is 12.0. The summed E-state index contributed by atoms with van der Waals surface area (Å²) in [5.41, 5.74) is 0.433. The molecule has 3 heteroatoms. The summed E-state index contributed by atoms with van der Waals surface area (Å²) in [5.74, 6) is 0.595. The molecule has 0 aliphatic rings. The van der Waals surface area contributed by atoms with Gasteiger partial charge in [0.05, 0.1) is 6.61 Å². The van der Waals surface area contributed by atoms with E-state index in [0.29, 0.717) is 17.9 Å². The summed E-state index contributed by atoms with van der Waals surface area (Å²) in [6.45, 7) is 10.4. The third kappa shape index (κ3) is 12.2. The molecule has 0 aliphatic heterocycles. The maximum absolute atomic E-state index is 5.47. The highest BCUT2D eigenvalue weighted by Gasteiger charge is 2.08. The van der Waals surface area contributed by atoms with E-state index in [2.05, 4.69) is 26.1 Å². The van der Waals surface area contributed by atoms with Crippen molar-refractivity contribution in [2.75, 3.05) is 32.2 Å². The van der Waals surface area contributed by atoms with Crippen molar-refractivity contribution in [3.05, 3.63) is 0 Å². The molecule has 0 aliphatic carbocycles. The lowest BCUT2D eigenvalue weighted by Crippen LogP contribution is -2.22. The van der Waals surface area contributed by atoms with Crippen LogP contribution in [-0.4, -0.2) is 32.2 Å². The van der Waals surface area contributed by atoms with Crippen molar-refractivity contribution in [1.82, 2.24) is 5.32 Å². The maximum atomic E-state index is 5.47. The van der Waals surface area contributed by atoms with Gasteiger partial charge in [0, 0.05) is 12.5 Å². The highest BCUT2D eigenvalue weighted by molar-refractivity contribution is 6.17. The molecule has 0 rings (SSSR count). The Labute approximate surface area is 93.4 Å². The fourth-order valence-electron chi connectivity index (χ4n) is 1.04. The van der Waals surface area contributed by atoms with Gasteiger partial charge in [-0.2, -0.15) is 0 Å². The van der Waals surface area contributed by atoms with E-state index in [1.165, 1.54) is 6.42 Å². The molecule has 0 saturated heterocycles. The first-order valence-corrected chi connectivity index (χ1v) is 5.94. The van der Waals surface area contributed by atoms with Crippen LogP contribution in [0.3, 0.4) is 0 Å². The maximum Gasteiger partial charge on any atom is 0.0601 e. The number of alkyl halides is 1. The van der Waals surface area contributed by atoms with E-state index in [1.807, 2.05) is 0 Å². The first kappa shape index (κ1) is 14.2. The van der Waals surface area contributed by atoms with E-state index < -0.39 is 0 Å². The molecule has 0 unspecified atom stereocenters. The summed E-state index contributed by atoms with van der Waals surface area (Å²) in [6, 6.07) is 0. The predicted molar refractivity (Wildman–Crippen MR) is 63.1 cm³/mol. The number of hydrogen-bond acceptors (Lipinski definition) is 2. The lowest BCUT2D eigenvalue weighted by molar-refractivity contribution is 0.146. The minimum Gasteiger partial charge on any atom is -0.380 e. The monoisotopic (exact) mass is 221 g/mol. The standard InChI is InChI=1S/C11H24ClNO/c1-11(2,3)5-8-13-7-4-9-14-10-6-12/h13H,4-10H2,1-3H3. The zero-order valence-electron chi connectivity index (χ0n) is 9.74. The second-order valence-corrected chi connectivity index (χ2v) is 5.09. The van der Waals surface area contributed by atoms with E-state index in [9.17, 15) is 0 Å². The first-order chi connectivity index (χ1) is 6.56. The molecule has 0 bridgehead atoms. The average molecular weight is 222 g/mol. The van der Waals surface area contributed by atoms with Gasteiger partial charge in [-0.15, -0.1) is 11.6 Å². The molecule has 0 aromatic carbocycles. The smallest absolute Gasteiger partial charge is 0.0601 e. The second-order valence-electron chi connectivity index (χ2n) is 4.72. The molecule has 0 heterocycles. The largest absolute Gasteiger partial charge is 0.380 e. The van der Waals surface area contributed by atoms with E-state index in [0.717, 1.165) is 26.1 Å². The molecule has 86 valence electrons. The molecule has 0 aromatic rings. The van der Waals surface area contributed by atoms with Crippen LogP contribution in [0.15, 0.2) is 0 Å². The highest BCUT2D eigenvalue weighted by Crippen LogP contribution is 2.16. The predicted octanol–water partition coefficient (Wildman–Crippen LogP) is 2.66. The van der Waals surface area contributed by atoms with Crippen molar-refractivity contribution in [2.24, 2.45) is 5.41 Å². The third-order valence-electron chi connectivity index (χ3n) is 1.92. The Balaban J connectivity index is 2.99. The number of nitrogens with one attached hydrogen (secondary N) is 1. The minimum absolute atomic E-state index is 0.433. The summed E-state index contributed by atoms with van der Waals surface area (Å²) in [5, 5.41) is 3.41. The van der Waals surface area contributed by atoms with Crippen molar-refractivity contribution < 1.29 is 4.74 Å². The lowest BCUT2D eigenvalue weighted by atomic mass is 9.92. The van der Waals surface area contributed by atoms with Crippen LogP contribution < -0.4 is 5.32 Å². The van der Waals surface area contributed by atoms with Gasteiger partial charge in [-0.05, 0) is 31.3 Å². The SMILES string of the molecule is CC(C)(C)CCNCCCOCCCl. The van der Waals surface area contributed by atoms with Crippen LogP contribution in [0.25, 0.3) is 0 Å². The fraction of sp³-hybridized carbons (Fsp3) is 1.00. The van der Waals surface area contributed by atoms with Crippen LogP contribution in [0.2, 0.25) is 0 Å². The van der Waals surface area contributed by atoms with Gasteiger partial charge in [-0.1, -0.05) is 20.8 Å². The number of ether oxygens (including phenoxy) is 1. The average Bonchev–Trinajstić information content (AvgIpc) is 2.08. The van der Waals surface area contributed by atoms with Crippen LogP contribution >= 0.6 is 11.6 Å². The van der Waals surface area contributed by atoms with Crippen LogP contribution in [0.5, 0.6) is 0 Å². The van der Waals surface area contributed by atoms with Gasteiger partial charge >= 0.3 is 0 Å². The van der Waals surface area contributed by atoms with Crippen LogP contribution in [0.4, 0.5) is 0 Å². The van der Waals surface area contributed by atoms with Gasteiger partial charge < -0.3 is 10.1 Å². The summed E-state index contributed by atoms with van der Waals surface area (Å²) in [4.78, 5) is 0. The van der Waals surface area contributed by atoms with Gasteiger partial charge in [0.25, 0.3) is 0 Å². The molecule has 14 heavy (non-hydrogen) atoms. The molecule has 0 spiro atoms. The first-order valence-electron chi connectivity index (χ1n) is 5.41. The topological polar surface area (TPSA) is 21.3 Å². The fourth-order valence-corrected chi connectivity index (χ4v) is 1.15. The van der Waals surface area contributed by atoms with E-state index in [-0.39, 0.29) is 0 Å². The second kappa shape index (κ2) is 8.51. The van der Waals surface area contributed by atoms with Gasteiger partial charge in [0.1, 0.15) is 0 Å². The Bertz CT molecular complexity index is 123. The van der Waals surface area contributed by atoms with E-state index >= 15 is 0 Å². The lowest BCUT2D eigenvalue weighted by Gasteiger charge is -2.17. The Hall–Kier alpha value is 0.210. The van der Waals surface area contributed by atoms with Crippen LogP contribution in [-0.2, 0) is 4.74 Å². The molecule has 0 fully saturated rings. The van der Waals surface area contributed by atoms with Crippen molar-refractivity contribution in [3.8, 4) is 0 Å². The van der Waals surface area contributed by atoms with Gasteiger partial charge in [0.2, 0.25) is 0 Å². The van der Waals surface area contributed by atoms with Gasteiger partial charge in [0.15, 0.2) is 0 Å². The zero-order valence-corrected chi connectivity index (χ0v) is 10.5. The molecule has 0 atom stereocenters. The Kier molecular flexibility index (Phi) is 8.64. The van der Waals surface area contributed by atoms with Crippen molar-refractivity contribution in [2.45, 2.75) is 33.6 Å².